The third-order valence-corrected chi connectivity index (χ3v) is 2.88. The van der Waals surface area contributed by atoms with Gasteiger partial charge in [0.15, 0.2) is 0 Å². The van der Waals surface area contributed by atoms with Crippen molar-refractivity contribution >= 4 is 11.6 Å². The first kappa shape index (κ1) is 12.4. The molecule has 1 unspecified atom stereocenters. The maximum absolute atomic E-state index is 11.7. The van der Waals surface area contributed by atoms with Crippen molar-refractivity contribution in [3.63, 3.8) is 0 Å². The van der Waals surface area contributed by atoms with E-state index < -0.39 is 0 Å². The second kappa shape index (κ2) is 5.09. The number of amides is 1. The maximum atomic E-state index is 11.7. The second-order valence-corrected chi connectivity index (χ2v) is 4.74. The Balaban J connectivity index is 2.23. The average molecular weight is 244 g/mol. The van der Waals surface area contributed by atoms with Crippen LogP contribution in [0.15, 0.2) is 18.2 Å². The van der Waals surface area contributed by atoms with Gasteiger partial charge < -0.3 is 10.1 Å². The van der Waals surface area contributed by atoms with Gasteiger partial charge in [0, 0.05) is 12.1 Å². The molecular weight excluding hydrogens is 228 g/mol. The summed E-state index contributed by atoms with van der Waals surface area (Å²) in [6.45, 7) is 3.94. The topological polar surface area (TPSA) is 62.1 Å². The minimum Gasteiger partial charge on any atom is -0.491 e. The summed E-state index contributed by atoms with van der Waals surface area (Å²) in [5.41, 5.74) is 1.86. The molecule has 1 amide bonds. The Labute approximate surface area is 107 Å². The first-order valence-corrected chi connectivity index (χ1v) is 6.07. The van der Waals surface area contributed by atoms with Crippen LogP contribution in [0.1, 0.15) is 25.8 Å². The highest BCUT2D eigenvalue weighted by Gasteiger charge is 2.26. The third-order valence-electron chi connectivity index (χ3n) is 2.88. The van der Waals surface area contributed by atoms with Gasteiger partial charge in [-0.25, -0.2) is 0 Å². The Morgan fingerprint density at radius 2 is 2.33 bits per heavy atom. The molecule has 2 rings (SSSR count). The number of ether oxygens (including phenoxy) is 1. The molecule has 1 aliphatic rings. The minimum absolute atomic E-state index is 0.0680. The smallest absolute Gasteiger partial charge is 0.228 e. The molecule has 0 bridgehead atoms. The standard InChI is InChI=1S/C14H16N2O2/c1-9(2)18-12-3-4-13-11(8-12)7-10(5-6-15)14(17)16-13/h3-4,8-10H,5,7H2,1-2H3,(H,16,17). The van der Waals surface area contributed by atoms with Crippen LogP contribution >= 0.6 is 0 Å². The van der Waals surface area contributed by atoms with Gasteiger partial charge in [-0.1, -0.05) is 0 Å². The number of carbonyl (C=O) groups is 1. The Morgan fingerprint density at radius 1 is 1.56 bits per heavy atom. The normalized spacial score (nSPS) is 17.9. The van der Waals surface area contributed by atoms with Crippen molar-refractivity contribution in [3.8, 4) is 11.8 Å². The summed E-state index contributed by atoms with van der Waals surface area (Å²) in [4.78, 5) is 11.7. The summed E-state index contributed by atoms with van der Waals surface area (Å²) in [6.07, 6.45) is 0.973. The molecule has 1 aromatic carbocycles. The zero-order valence-corrected chi connectivity index (χ0v) is 10.6. The van der Waals surface area contributed by atoms with E-state index in [9.17, 15) is 4.79 Å². The first-order valence-electron chi connectivity index (χ1n) is 6.07. The molecule has 1 atom stereocenters. The van der Waals surface area contributed by atoms with Gasteiger partial charge in [-0.15, -0.1) is 0 Å². The molecule has 0 spiro atoms. The quantitative estimate of drug-likeness (QED) is 0.888. The van der Waals surface area contributed by atoms with Crippen LogP contribution < -0.4 is 10.1 Å². The van der Waals surface area contributed by atoms with Gasteiger partial charge in [-0.2, -0.15) is 5.26 Å². The highest BCUT2D eigenvalue weighted by molar-refractivity contribution is 5.96. The molecule has 0 fully saturated rings. The number of hydrogen-bond donors (Lipinski definition) is 1. The maximum Gasteiger partial charge on any atom is 0.228 e. The van der Waals surface area contributed by atoms with Gasteiger partial charge in [0.2, 0.25) is 5.91 Å². The monoisotopic (exact) mass is 244 g/mol. The lowest BCUT2D eigenvalue weighted by atomic mass is 9.91. The van der Waals surface area contributed by atoms with Crippen molar-refractivity contribution in [2.24, 2.45) is 5.92 Å². The minimum atomic E-state index is -0.253. The molecule has 1 aliphatic heterocycles. The molecule has 0 radical (unpaired) electrons. The Bertz CT molecular complexity index is 503. The van der Waals surface area contributed by atoms with Crippen LogP contribution in [0.3, 0.4) is 0 Å². The van der Waals surface area contributed by atoms with Crippen LogP contribution in [0.4, 0.5) is 5.69 Å². The fourth-order valence-corrected chi connectivity index (χ4v) is 2.07. The summed E-state index contributed by atoms with van der Waals surface area (Å²) in [5, 5.41) is 11.5. The zero-order valence-electron chi connectivity index (χ0n) is 10.6. The summed E-state index contributed by atoms with van der Waals surface area (Å²) < 4.78 is 5.62. The molecular formula is C14H16N2O2. The van der Waals surface area contributed by atoms with Crippen LogP contribution in [-0.2, 0) is 11.2 Å². The highest BCUT2D eigenvalue weighted by Crippen LogP contribution is 2.30. The highest BCUT2D eigenvalue weighted by atomic mass is 16.5. The summed E-state index contributed by atoms with van der Waals surface area (Å²) in [5.74, 6) is 0.481. The molecule has 0 saturated carbocycles. The van der Waals surface area contributed by atoms with E-state index in [1.165, 1.54) is 0 Å². The van der Waals surface area contributed by atoms with Gasteiger partial charge in [-0.05, 0) is 44.0 Å². The number of rotatable bonds is 3. The van der Waals surface area contributed by atoms with Crippen molar-refractivity contribution in [2.45, 2.75) is 32.8 Å². The molecule has 0 saturated heterocycles. The summed E-state index contributed by atoms with van der Waals surface area (Å²) in [6, 6.07) is 7.70. The largest absolute Gasteiger partial charge is 0.491 e. The summed E-state index contributed by atoms with van der Waals surface area (Å²) >= 11 is 0. The van der Waals surface area contributed by atoms with E-state index in [0.717, 1.165) is 17.0 Å². The number of hydrogen-bond acceptors (Lipinski definition) is 3. The van der Waals surface area contributed by atoms with Crippen LogP contribution in [0.5, 0.6) is 5.75 Å². The van der Waals surface area contributed by atoms with Crippen molar-refractivity contribution in [3.05, 3.63) is 23.8 Å². The molecule has 4 nitrogen and oxygen atoms in total. The first-order chi connectivity index (χ1) is 8.60. The molecule has 1 N–H and O–H groups in total. The van der Waals surface area contributed by atoms with Crippen LogP contribution in [0, 0.1) is 17.2 Å². The number of nitriles is 1. The van der Waals surface area contributed by atoms with Crippen LogP contribution in [0.25, 0.3) is 0 Å². The van der Waals surface area contributed by atoms with E-state index in [0.29, 0.717) is 6.42 Å². The van der Waals surface area contributed by atoms with E-state index in [-0.39, 0.29) is 24.3 Å². The van der Waals surface area contributed by atoms with Crippen LogP contribution in [0.2, 0.25) is 0 Å². The fraction of sp³-hybridized carbons (Fsp3) is 0.429. The average Bonchev–Trinajstić information content (AvgIpc) is 2.30. The number of nitrogens with zero attached hydrogens (tertiary/aromatic N) is 1. The van der Waals surface area contributed by atoms with E-state index in [4.69, 9.17) is 10.00 Å². The van der Waals surface area contributed by atoms with Crippen molar-refractivity contribution < 1.29 is 9.53 Å². The predicted molar refractivity (Wildman–Crippen MR) is 68.3 cm³/mol. The van der Waals surface area contributed by atoms with Crippen molar-refractivity contribution in [1.29, 1.82) is 5.26 Å². The molecule has 0 aromatic heterocycles. The number of anilines is 1. The Hall–Kier alpha value is -2.02. The Morgan fingerprint density at radius 3 is 3.00 bits per heavy atom. The zero-order chi connectivity index (χ0) is 13.1. The predicted octanol–water partition coefficient (Wildman–Crippen LogP) is 2.50. The number of benzene rings is 1. The SMILES string of the molecule is CC(C)Oc1ccc2c(c1)CC(CC#N)C(=O)N2. The summed E-state index contributed by atoms with van der Waals surface area (Å²) in [7, 11) is 0. The number of fused-ring (bicyclic) bond motifs is 1. The molecule has 0 aliphatic carbocycles. The molecule has 18 heavy (non-hydrogen) atoms. The lowest BCUT2D eigenvalue weighted by Crippen LogP contribution is -2.29. The molecule has 94 valence electrons. The van der Waals surface area contributed by atoms with E-state index in [1.54, 1.807) is 0 Å². The molecule has 1 aromatic rings. The fourth-order valence-electron chi connectivity index (χ4n) is 2.07. The molecule has 1 heterocycles. The molecule has 4 heteroatoms. The third kappa shape index (κ3) is 2.62. The number of nitrogens with one attached hydrogen (secondary N) is 1. The van der Waals surface area contributed by atoms with Crippen LogP contribution in [-0.4, -0.2) is 12.0 Å². The van der Waals surface area contributed by atoms with Gasteiger partial charge in [0.05, 0.1) is 18.1 Å². The van der Waals surface area contributed by atoms with Crippen molar-refractivity contribution in [1.82, 2.24) is 0 Å². The van der Waals surface area contributed by atoms with Gasteiger partial charge in [0.25, 0.3) is 0 Å². The lowest BCUT2D eigenvalue weighted by molar-refractivity contribution is -0.120. The van der Waals surface area contributed by atoms with Crippen molar-refractivity contribution in [2.75, 3.05) is 5.32 Å². The van der Waals surface area contributed by atoms with Gasteiger partial charge >= 0.3 is 0 Å². The lowest BCUT2D eigenvalue weighted by Gasteiger charge is -2.23. The van der Waals surface area contributed by atoms with E-state index in [2.05, 4.69) is 11.4 Å². The Kier molecular flexibility index (Phi) is 3.52. The van der Waals surface area contributed by atoms with E-state index >= 15 is 0 Å². The second-order valence-electron chi connectivity index (χ2n) is 4.74. The van der Waals surface area contributed by atoms with Gasteiger partial charge in [0.1, 0.15) is 5.75 Å². The van der Waals surface area contributed by atoms with Gasteiger partial charge in [-0.3, -0.25) is 4.79 Å². The van der Waals surface area contributed by atoms with E-state index in [1.807, 2.05) is 32.0 Å². The number of carbonyl (C=O) groups excluding carboxylic acids is 1.